The lowest BCUT2D eigenvalue weighted by molar-refractivity contribution is 0.121. The zero-order valence-electron chi connectivity index (χ0n) is 10.1. The third-order valence-corrected chi connectivity index (χ3v) is 3.78. The Hall–Kier alpha value is -0.920. The minimum Gasteiger partial charge on any atom is -0.394 e. The molecule has 0 aromatic carbocycles. The number of anilines is 1. The van der Waals surface area contributed by atoms with E-state index in [1.807, 2.05) is 6.92 Å². The maximum Gasteiger partial charge on any atom is 0.283 e. The van der Waals surface area contributed by atoms with Gasteiger partial charge in [-0.3, -0.25) is 4.79 Å². The van der Waals surface area contributed by atoms with Gasteiger partial charge in [-0.2, -0.15) is 5.10 Å². The molecule has 0 radical (unpaired) electrons. The molecule has 1 saturated heterocycles. The summed E-state index contributed by atoms with van der Waals surface area (Å²) in [6.45, 7) is 2.81. The lowest BCUT2D eigenvalue weighted by Crippen LogP contribution is -2.30. The number of halogens is 1. The first-order valence-electron chi connectivity index (χ1n) is 5.88. The number of aliphatic hydroxyl groups is 1. The average molecular weight is 318 g/mol. The van der Waals surface area contributed by atoms with E-state index in [1.54, 1.807) is 6.20 Å². The van der Waals surface area contributed by atoms with Gasteiger partial charge in [-0.15, -0.1) is 0 Å². The van der Waals surface area contributed by atoms with Crippen molar-refractivity contribution in [3.8, 4) is 0 Å². The summed E-state index contributed by atoms with van der Waals surface area (Å²) in [7, 11) is 0. The quantitative estimate of drug-likeness (QED) is 0.850. The highest BCUT2D eigenvalue weighted by Crippen LogP contribution is 2.22. The first-order chi connectivity index (χ1) is 8.63. The van der Waals surface area contributed by atoms with Crippen molar-refractivity contribution in [2.45, 2.75) is 32.0 Å². The van der Waals surface area contributed by atoms with Crippen molar-refractivity contribution in [2.24, 2.45) is 0 Å². The number of ether oxygens (including phenoxy) is 1. The standard InChI is InChI=1S/C11H16BrN3O3/c1-7-8(2-5-18-7)14-9-6-13-15(3-4-16)11(17)10(9)12/h6-8,14,16H,2-5H2,1H3. The minimum absolute atomic E-state index is 0.111. The molecule has 100 valence electrons. The van der Waals surface area contributed by atoms with Gasteiger partial charge in [0.15, 0.2) is 0 Å². The third kappa shape index (κ3) is 2.73. The lowest BCUT2D eigenvalue weighted by Gasteiger charge is -2.18. The van der Waals surface area contributed by atoms with Crippen LogP contribution in [0, 0.1) is 0 Å². The van der Waals surface area contributed by atoms with Gasteiger partial charge in [0.2, 0.25) is 0 Å². The summed E-state index contributed by atoms with van der Waals surface area (Å²) in [5.41, 5.74) is 0.414. The molecule has 1 aliphatic rings. The van der Waals surface area contributed by atoms with Gasteiger partial charge < -0.3 is 15.2 Å². The second-order valence-electron chi connectivity index (χ2n) is 4.24. The number of hydrogen-bond acceptors (Lipinski definition) is 5. The van der Waals surface area contributed by atoms with Gasteiger partial charge in [0.25, 0.3) is 5.56 Å². The van der Waals surface area contributed by atoms with Crippen LogP contribution in [0.1, 0.15) is 13.3 Å². The third-order valence-electron chi connectivity index (χ3n) is 3.01. The van der Waals surface area contributed by atoms with Crippen LogP contribution < -0.4 is 10.9 Å². The van der Waals surface area contributed by atoms with Gasteiger partial charge in [0.05, 0.1) is 37.2 Å². The van der Waals surface area contributed by atoms with Crippen LogP contribution in [-0.4, -0.2) is 40.2 Å². The Kier molecular flexibility index (Phi) is 4.36. The van der Waals surface area contributed by atoms with E-state index in [1.165, 1.54) is 4.68 Å². The predicted octanol–water partition coefficient (Wildman–Crippen LogP) is 0.587. The Morgan fingerprint density at radius 3 is 3.11 bits per heavy atom. The van der Waals surface area contributed by atoms with Crippen molar-refractivity contribution >= 4 is 21.6 Å². The van der Waals surface area contributed by atoms with Crippen LogP contribution in [0.5, 0.6) is 0 Å². The molecule has 2 rings (SSSR count). The monoisotopic (exact) mass is 317 g/mol. The van der Waals surface area contributed by atoms with Crippen LogP contribution in [0.15, 0.2) is 15.5 Å². The van der Waals surface area contributed by atoms with Crippen molar-refractivity contribution in [3.05, 3.63) is 21.0 Å². The maximum atomic E-state index is 11.9. The SMILES string of the molecule is CC1OCCC1Nc1cnn(CCO)c(=O)c1Br. The van der Waals surface area contributed by atoms with Crippen molar-refractivity contribution in [1.82, 2.24) is 9.78 Å². The van der Waals surface area contributed by atoms with E-state index in [0.29, 0.717) is 10.2 Å². The van der Waals surface area contributed by atoms with Gasteiger partial charge in [-0.05, 0) is 29.3 Å². The molecule has 0 amide bonds. The van der Waals surface area contributed by atoms with Crippen molar-refractivity contribution < 1.29 is 9.84 Å². The fourth-order valence-corrected chi connectivity index (χ4v) is 2.36. The summed E-state index contributed by atoms with van der Waals surface area (Å²) in [4.78, 5) is 11.9. The van der Waals surface area contributed by atoms with Crippen LogP contribution in [0.25, 0.3) is 0 Å². The van der Waals surface area contributed by atoms with Crippen LogP contribution in [0.2, 0.25) is 0 Å². The van der Waals surface area contributed by atoms with Crippen molar-refractivity contribution in [2.75, 3.05) is 18.5 Å². The molecule has 1 aromatic rings. The Morgan fingerprint density at radius 2 is 2.50 bits per heavy atom. The molecular weight excluding hydrogens is 302 g/mol. The Morgan fingerprint density at radius 1 is 1.72 bits per heavy atom. The lowest BCUT2D eigenvalue weighted by atomic mass is 10.1. The van der Waals surface area contributed by atoms with Gasteiger partial charge in [0, 0.05) is 6.61 Å². The highest BCUT2D eigenvalue weighted by atomic mass is 79.9. The second kappa shape index (κ2) is 5.81. The van der Waals surface area contributed by atoms with Crippen molar-refractivity contribution in [1.29, 1.82) is 0 Å². The molecule has 0 aliphatic carbocycles. The fourth-order valence-electron chi connectivity index (χ4n) is 1.94. The molecule has 2 N–H and O–H groups in total. The topological polar surface area (TPSA) is 76.4 Å². The largest absolute Gasteiger partial charge is 0.394 e. The summed E-state index contributed by atoms with van der Waals surface area (Å²) in [6.07, 6.45) is 2.62. The highest BCUT2D eigenvalue weighted by Gasteiger charge is 2.25. The Bertz CT molecular complexity index is 477. The van der Waals surface area contributed by atoms with E-state index in [4.69, 9.17) is 9.84 Å². The fraction of sp³-hybridized carbons (Fsp3) is 0.636. The molecule has 1 fully saturated rings. The number of nitrogens with one attached hydrogen (secondary N) is 1. The summed E-state index contributed by atoms with van der Waals surface area (Å²) in [5, 5.41) is 16.1. The second-order valence-corrected chi connectivity index (χ2v) is 5.03. The molecule has 7 heteroatoms. The molecule has 0 spiro atoms. The number of hydrogen-bond donors (Lipinski definition) is 2. The van der Waals surface area contributed by atoms with E-state index in [0.717, 1.165) is 13.0 Å². The summed E-state index contributed by atoms with van der Waals surface area (Å²) in [6, 6.07) is 0.191. The normalized spacial score (nSPS) is 23.3. The van der Waals surface area contributed by atoms with Gasteiger partial charge in [0.1, 0.15) is 4.47 Å². The van der Waals surface area contributed by atoms with E-state index in [9.17, 15) is 4.79 Å². The number of aromatic nitrogens is 2. The molecule has 0 bridgehead atoms. The van der Waals surface area contributed by atoms with Crippen LogP contribution >= 0.6 is 15.9 Å². The summed E-state index contributed by atoms with van der Waals surface area (Å²) < 4.78 is 7.12. The molecule has 1 aromatic heterocycles. The van der Waals surface area contributed by atoms with E-state index < -0.39 is 0 Å². The van der Waals surface area contributed by atoms with Crippen LogP contribution in [-0.2, 0) is 11.3 Å². The van der Waals surface area contributed by atoms with E-state index in [2.05, 4.69) is 26.3 Å². The molecule has 0 saturated carbocycles. The molecule has 2 heterocycles. The molecular formula is C11H16BrN3O3. The Labute approximate surface area is 113 Å². The van der Waals surface area contributed by atoms with Gasteiger partial charge >= 0.3 is 0 Å². The highest BCUT2D eigenvalue weighted by molar-refractivity contribution is 9.10. The van der Waals surface area contributed by atoms with Crippen LogP contribution in [0.4, 0.5) is 5.69 Å². The summed E-state index contributed by atoms with van der Waals surface area (Å²) in [5.74, 6) is 0. The first-order valence-corrected chi connectivity index (χ1v) is 6.67. The Balaban J connectivity index is 2.19. The maximum absolute atomic E-state index is 11.9. The zero-order chi connectivity index (χ0) is 13.1. The number of aliphatic hydroxyl groups excluding tert-OH is 1. The first kappa shape index (κ1) is 13.5. The van der Waals surface area contributed by atoms with E-state index in [-0.39, 0.29) is 30.9 Å². The molecule has 2 unspecified atom stereocenters. The van der Waals surface area contributed by atoms with Crippen molar-refractivity contribution in [3.63, 3.8) is 0 Å². The molecule has 18 heavy (non-hydrogen) atoms. The smallest absolute Gasteiger partial charge is 0.283 e. The van der Waals surface area contributed by atoms with E-state index >= 15 is 0 Å². The van der Waals surface area contributed by atoms with Crippen LogP contribution in [0.3, 0.4) is 0 Å². The number of nitrogens with zero attached hydrogens (tertiary/aromatic N) is 2. The van der Waals surface area contributed by atoms with Gasteiger partial charge in [-0.25, -0.2) is 4.68 Å². The number of rotatable bonds is 4. The predicted molar refractivity (Wildman–Crippen MR) is 70.7 cm³/mol. The molecule has 6 nitrogen and oxygen atoms in total. The molecule has 1 aliphatic heterocycles. The molecule has 2 atom stereocenters. The average Bonchev–Trinajstić information content (AvgIpc) is 2.75. The zero-order valence-corrected chi connectivity index (χ0v) is 11.7. The van der Waals surface area contributed by atoms with Gasteiger partial charge in [-0.1, -0.05) is 0 Å². The minimum atomic E-state index is -0.249. The summed E-state index contributed by atoms with van der Waals surface area (Å²) >= 11 is 3.27.